The van der Waals surface area contributed by atoms with Gasteiger partial charge in [0, 0.05) is 16.0 Å². The maximum absolute atomic E-state index is 12.1. The monoisotopic (exact) mass is 620 g/mol. The highest BCUT2D eigenvalue weighted by molar-refractivity contribution is 9.11. The van der Waals surface area contributed by atoms with Crippen molar-refractivity contribution in [3.63, 3.8) is 0 Å². The second-order valence-corrected chi connectivity index (χ2v) is 12.6. The third kappa shape index (κ3) is 7.02. The number of nitrogens with zero attached hydrogens (tertiary/aromatic N) is 1. The number of rotatable bonds is 7. The highest BCUT2D eigenvalue weighted by Gasteiger charge is 2.32. The Bertz CT molecular complexity index is 878. The Hall–Kier alpha value is -0.480. The van der Waals surface area contributed by atoms with E-state index in [2.05, 4.69) is 65.2 Å². The fourth-order valence-electron chi connectivity index (χ4n) is 2.70. The topological polar surface area (TPSA) is 50.7 Å². The summed E-state index contributed by atoms with van der Waals surface area (Å²) in [5, 5.41) is 4.10. The minimum atomic E-state index is -0.0711. The van der Waals surface area contributed by atoms with E-state index >= 15 is 0 Å². The molecule has 1 fully saturated rings. The molecule has 4 nitrogen and oxygen atoms in total. The van der Waals surface area contributed by atoms with Crippen molar-refractivity contribution in [2.45, 2.75) is 24.0 Å². The van der Waals surface area contributed by atoms with Crippen LogP contribution in [0.1, 0.15) is 24.5 Å². The number of carbonyl (C=O) groups excluding carboxylic acids is 1. The lowest BCUT2D eigenvalue weighted by Crippen LogP contribution is -2.26. The Morgan fingerprint density at radius 2 is 1.79 bits per heavy atom. The van der Waals surface area contributed by atoms with Crippen LogP contribution in [0.25, 0.3) is 0 Å². The van der Waals surface area contributed by atoms with E-state index in [1.54, 1.807) is 6.21 Å². The molecule has 0 aromatic heterocycles. The van der Waals surface area contributed by atoms with Gasteiger partial charge in [0.1, 0.15) is 12.4 Å². The number of thioether (sulfide) groups is 2. The maximum Gasteiger partial charge on any atom is 0.242 e. The van der Waals surface area contributed by atoms with Crippen molar-refractivity contribution in [3.8, 4) is 5.75 Å². The van der Waals surface area contributed by atoms with Crippen molar-refractivity contribution >= 4 is 83.4 Å². The van der Waals surface area contributed by atoms with Crippen molar-refractivity contribution < 1.29 is 9.53 Å². The molecular formula is C20H19Br3N2O2S2. The number of halogens is 3. The Morgan fingerprint density at radius 1 is 1.17 bits per heavy atom. The summed E-state index contributed by atoms with van der Waals surface area (Å²) < 4.78 is 8.56. The average Bonchev–Trinajstić information content (AvgIpc) is 3.08. The SMILES string of the molecule is CC1(CC(=O)N/N=C/c2cc(Br)c(OCc3ccc(Br)cc3)c(Br)c2)SCCS1. The zero-order valence-electron chi connectivity index (χ0n) is 15.6. The van der Waals surface area contributed by atoms with E-state index in [1.807, 2.05) is 59.9 Å². The van der Waals surface area contributed by atoms with E-state index in [0.29, 0.717) is 13.0 Å². The Balaban J connectivity index is 1.57. The van der Waals surface area contributed by atoms with Crippen LogP contribution < -0.4 is 10.2 Å². The molecule has 3 rings (SSSR count). The van der Waals surface area contributed by atoms with Gasteiger partial charge in [-0.1, -0.05) is 28.1 Å². The summed E-state index contributed by atoms with van der Waals surface area (Å²) in [4.78, 5) is 12.1. The van der Waals surface area contributed by atoms with E-state index in [-0.39, 0.29) is 9.99 Å². The lowest BCUT2D eigenvalue weighted by atomic mass is 10.2. The molecule has 0 atom stereocenters. The standard InChI is InChI=1S/C20H19Br3N2O2S2/c1-20(28-6-7-29-20)10-18(26)25-24-11-14-8-16(22)19(17(23)9-14)27-12-13-2-4-15(21)5-3-13/h2-5,8-9,11H,6-7,10,12H2,1H3,(H,25,26)/b24-11+. The highest BCUT2D eigenvalue weighted by Crippen LogP contribution is 2.45. The van der Waals surface area contributed by atoms with E-state index < -0.39 is 0 Å². The number of hydrazone groups is 1. The van der Waals surface area contributed by atoms with Gasteiger partial charge >= 0.3 is 0 Å². The van der Waals surface area contributed by atoms with E-state index in [1.165, 1.54) is 0 Å². The molecule has 29 heavy (non-hydrogen) atoms. The van der Waals surface area contributed by atoms with Gasteiger partial charge in [-0.15, -0.1) is 23.5 Å². The maximum atomic E-state index is 12.1. The molecule has 2 aromatic carbocycles. The lowest BCUT2D eigenvalue weighted by Gasteiger charge is -2.19. The van der Waals surface area contributed by atoms with Crippen LogP contribution >= 0.6 is 71.3 Å². The molecule has 1 heterocycles. The molecule has 0 saturated carbocycles. The summed E-state index contributed by atoms with van der Waals surface area (Å²) in [7, 11) is 0. The normalized spacial score (nSPS) is 15.6. The molecule has 0 radical (unpaired) electrons. The molecule has 0 bridgehead atoms. The van der Waals surface area contributed by atoms with Gasteiger partial charge in [0.15, 0.2) is 0 Å². The fourth-order valence-corrected chi connectivity index (χ4v) is 7.24. The summed E-state index contributed by atoms with van der Waals surface area (Å²) in [6.07, 6.45) is 2.08. The van der Waals surface area contributed by atoms with Gasteiger partial charge < -0.3 is 4.74 Å². The predicted molar refractivity (Wildman–Crippen MR) is 134 cm³/mol. The first-order valence-corrected chi connectivity index (χ1v) is 13.2. The molecule has 0 spiro atoms. The van der Waals surface area contributed by atoms with Gasteiger partial charge in [-0.05, 0) is 74.2 Å². The average molecular weight is 623 g/mol. The highest BCUT2D eigenvalue weighted by atomic mass is 79.9. The molecule has 1 aliphatic rings. The van der Waals surface area contributed by atoms with Crippen molar-refractivity contribution in [1.29, 1.82) is 0 Å². The number of ether oxygens (including phenoxy) is 1. The largest absolute Gasteiger partial charge is 0.487 e. The van der Waals surface area contributed by atoms with Gasteiger partial charge in [-0.2, -0.15) is 5.10 Å². The number of hydrogen-bond donors (Lipinski definition) is 1. The second-order valence-electron chi connectivity index (χ2n) is 6.53. The predicted octanol–water partition coefficient (Wildman–Crippen LogP) is 6.59. The zero-order chi connectivity index (χ0) is 20.9. The number of amides is 1. The molecule has 1 aliphatic heterocycles. The summed E-state index contributed by atoms with van der Waals surface area (Å²) in [6, 6.07) is 11.8. The van der Waals surface area contributed by atoms with Crippen molar-refractivity contribution in [2.75, 3.05) is 11.5 Å². The van der Waals surface area contributed by atoms with E-state index in [9.17, 15) is 4.79 Å². The molecule has 154 valence electrons. The van der Waals surface area contributed by atoms with Crippen LogP contribution in [0.3, 0.4) is 0 Å². The smallest absolute Gasteiger partial charge is 0.242 e. The lowest BCUT2D eigenvalue weighted by molar-refractivity contribution is -0.121. The van der Waals surface area contributed by atoms with Crippen LogP contribution in [0.2, 0.25) is 0 Å². The van der Waals surface area contributed by atoms with Crippen LogP contribution in [-0.2, 0) is 11.4 Å². The third-order valence-electron chi connectivity index (χ3n) is 4.10. The summed E-state index contributed by atoms with van der Waals surface area (Å²) in [6.45, 7) is 2.57. The third-order valence-corrected chi connectivity index (χ3v) is 9.10. The van der Waals surface area contributed by atoms with Gasteiger partial charge in [0.05, 0.1) is 25.7 Å². The second kappa shape index (κ2) is 10.7. The van der Waals surface area contributed by atoms with Crippen molar-refractivity contribution in [2.24, 2.45) is 5.10 Å². The molecule has 1 N–H and O–H groups in total. The first-order chi connectivity index (χ1) is 13.8. The van der Waals surface area contributed by atoms with Crippen LogP contribution in [0.5, 0.6) is 5.75 Å². The minimum Gasteiger partial charge on any atom is -0.487 e. The summed E-state index contributed by atoms with van der Waals surface area (Å²) in [5.41, 5.74) is 4.55. The zero-order valence-corrected chi connectivity index (χ0v) is 22.0. The first-order valence-electron chi connectivity index (χ1n) is 8.81. The van der Waals surface area contributed by atoms with E-state index in [0.717, 1.165) is 41.8 Å². The molecule has 9 heteroatoms. The molecule has 1 amide bonds. The minimum absolute atomic E-state index is 0.0422. The Labute approximate surface area is 204 Å². The molecule has 0 aliphatic carbocycles. The fraction of sp³-hybridized carbons (Fsp3) is 0.300. The number of carbonyl (C=O) groups is 1. The number of hydrogen-bond acceptors (Lipinski definition) is 5. The van der Waals surface area contributed by atoms with Crippen LogP contribution in [0, 0.1) is 0 Å². The van der Waals surface area contributed by atoms with Crippen molar-refractivity contribution in [1.82, 2.24) is 5.43 Å². The molecule has 1 saturated heterocycles. The van der Waals surface area contributed by atoms with Crippen molar-refractivity contribution in [3.05, 3.63) is 60.9 Å². The quantitative estimate of drug-likeness (QED) is 0.280. The molecule has 2 aromatic rings. The molecular weight excluding hydrogens is 604 g/mol. The Morgan fingerprint density at radius 3 is 2.41 bits per heavy atom. The summed E-state index contributed by atoms with van der Waals surface area (Å²) in [5.74, 6) is 2.84. The molecule has 0 unspecified atom stereocenters. The number of benzene rings is 2. The van der Waals surface area contributed by atoms with Gasteiger partial charge in [0.25, 0.3) is 0 Å². The summed E-state index contributed by atoms with van der Waals surface area (Å²) >= 11 is 14.2. The van der Waals surface area contributed by atoms with E-state index in [4.69, 9.17) is 4.74 Å². The van der Waals surface area contributed by atoms with Gasteiger partial charge in [-0.25, -0.2) is 5.43 Å². The van der Waals surface area contributed by atoms with Gasteiger partial charge in [0.2, 0.25) is 5.91 Å². The van der Waals surface area contributed by atoms with Crippen LogP contribution in [0.4, 0.5) is 0 Å². The van der Waals surface area contributed by atoms with Crippen LogP contribution in [-0.4, -0.2) is 27.7 Å². The Kier molecular flexibility index (Phi) is 8.56. The van der Waals surface area contributed by atoms with Crippen LogP contribution in [0.15, 0.2) is 54.9 Å². The number of nitrogens with one attached hydrogen (secondary N) is 1. The van der Waals surface area contributed by atoms with Gasteiger partial charge in [-0.3, -0.25) is 4.79 Å². The first kappa shape index (κ1) is 23.2.